The van der Waals surface area contributed by atoms with Crippen molar-refractivity contribution < 1.29 is 4.79 Å². The summed E-state index contributed by atoms with van der Waals surface area (Å²) in [6.07, 6.45) is 10.9. The molecule has 0 bridgehead atoms. The van der Waals surface area contributed by atoms with Crippen LogP contribution in [0.4, 0.5) is 10.5 Å². The zero-order valence-electron chi connectivity index (χ0n) is 16.6. The number of amides is 2. The quantitative estimate of drug-likeness (QED) is 0.351. The Kier molecular flexibility index (Phi) is 9.18. The molecule has 1 aromatic carbocycles. The van der Waals surface area contributed by atoms with E-state index >= 15 is 0 Å². The zero-order chi connectivity index (χ0) is 20.4. The molecule has 1 heterocycles. The molecule has 152 valence electrons. The third kappa shape index (κ3) is 6.18. The molecule has 1 aromatic rings. The van der Waals surface area contributed by atoms with E-state index in [1.54, 1.807) is 5.41 Å². The minimum atomic E-state index is -0.153. The van der Waals surface area contributed by atoms with E-state index in [4.69, 9.17) is 5.26 Å². The standard InChI is InChI=1S/C15H18N2OS.C5H11N.CH2N2/c1-2-19-17-15(18)16-14-12-7-3-5-10(12)9-11-6-4-8-13(11)14;1-5-3-2-4-6-5;2-1-3/h2,9H,1,3-8H2,(H2,16,17,18);5-6H,2-4H2,1H3;2H2. The fourth-order valence-electron chi connectivity index (χ4n) is 4.06. The van der Waals surface area contributed by atoms with Gasteiger partial charge >= 0.3 is 6.03 Å². The monoisotopic (exact) mass is 401 g/mol. The lowest BCUT2D eigenvalue weighted by Gasteiger charge is -2.16. The summed E-state index contributed by atoms with van der Waals surface area (Å²) >= 11 is 1.20. The highest BCUT2D eigenvalue weighted by Crippen LogP contribution is 2.38. The summed E-state index contributed by atoms with van der Waals surface area (Å²) in [5.41, 5.74) is 10.8. The summed E-state index contributed by atoms with van der Waals surface area (Å²) in [5.74, 6) is 0. The van der Waals surface area contributed by atoms with Gasteiger partial charge in [-0.15, -0.1) is 0 Å². The van der Waals surface area contributed by atoms with Crippen LogP contribution in [0, 0.1) is 11.5 Å². The minimum Gasteiger partial charge on any atom is -0.337 e. The number of carbonyl (C=O) groups is 1. The Morgan fingerprint density at radius 2 is 1.89 bits per heavy atom. The Hall–Kier alpha value is -2.17. The summed E-state index contributed by atoms with van der Waals surface area (Å²) in [6, 6.07) is 3.01. The van der Waals surface area contributed by atoms with Gasteiger partial charge in [0.05, 0.1) is 0 Å². The van der Waals surface area contributed by atoms with Crippen LogP contribution >= 0.6 is 11.9 Å². The van der Waals surface area contributed by atoms with Crippen molar-refractivity contribution in [3.63, 3.8) is 0 Å². The number of rotatable bonds is 3. The molecule has 5 N–H and O–H groups in total. The predicted molar refractivity (Wildman–Crippen MR) is 117 cm³/mol. The van der Waals surface area contributed by atoms with Gasteiger partial charge < -0.3 is 16.4 Å². The van der Waals surface area contributed by atoms with E-state index in [-0.39, 0.29) is 6.03 Å². The average molecular weight is 402 g/mol. The number of aryl methyl sites for hydroxylation is 2. The SMILES string of the molecule is C=CSNC(=O)Nc1c2c(cc3c1CCC3)CCC2.CC1CCCN1.N#CN. The zero-order valence-corrected chi connectivity index (χ0v) is 17.5. The van der Waals surface area contributed by atoms with E-state index in [0.29, 0.717) is 0 Å². The van der Waals surface area contributed by atoms with E-state index in [1.807, 2.05) is 0 Å². The lowest BCUT2D eigenvalue weighted by atomic mass is 9.99. The van der Waals surface area contributed by atoms with E-state index < -0.39 is 0 Å². The third-order valence-corrected chi connectivity index (χ3v) is 5.72. The first-order valence-corrected chi connectivity index (χ1v) is 10.8. The molecule has 1 atom stereocenters. The lowest BCUT2D eigenvalue weighted by molar-refractivity contribution is 0.257. The molecule has 0 saturated carbocycles. The molecule has 0 spiro atoms. The van der Waals surface area contributed by atoms with Gasteiger partial charge in [0.2, 0.25) is 0 Å². The Morgan fingerprint density at radius 1 is 1.29 bits per heavy atom. The molecule has 1 saturated heterocycles. The highest BCUT2D eigenvalue weighted by molar-refractivity contribution is 8.00. The number of hydrogen-bond acceptors (Lipinski definition) is 5. The summed E-state index contributed by atoms with van der Waals surface area (Å²) in [4.78, 5) is 11.9. The van der Waals surface area contributed by atoms with Gasteiger partial charge in [0, 0.05) is 11.7 Å². The number of nitrogens with one attached hydrogen (secondary N) is 3. The summed E-state index contributed by atoms with van der Waals surface area (Å²) in [5, 5.41) is 15.1. The van der Waals surface area contributed by atoms with Gasteiger partial charge in [-0.3, -0.25) is 4.72 Å². The van der Waals surface area contributed by atoms with Crippen LogP contribution in [0.5, 0.6) is 0 Å². The van der Waals surface area contributed by atoms with Gasteiger partial charge in [-0.25, -0.2) is 4.79 Å². The molecule has 3 aliphatic rings. The smallest absolute Gasteiger partial charge is 0.329 e. The van der Waals surface area contributed by atoms with Crippen LogP contribution in [0.15, 0.2) is 18.1 Å². The number of nitrogens with zero attached hydrogens (tertiary/aromatic N) is 1. The van der Waals surface area contributed by atoms with Gasteiger partial charge in [0.15, 0.2) is 6.19 Å². The third-order valence-electron chi connectivity index (χ3n) is 5.25. The van der Waals surface area contributed by atoms with Gasteiger partial charge in [0.1, 0.15) is 0 Å². The number of urea groups is 1. The minimum absolute atomic E-state index is 0.153. The first-order chi connectivity index (χ1) is 13.6. The number of carbonyl (C=O) groups excluding carboxylic acids is 1. The molecule has 7 heteroatoms. The van der Waals surface area contributed by atoms with Crippen molar-refractivity contribution in [2.24, 2.45) is 5.73 Å². The topological polar surface area (TPSA) is 103 Å². The number of anilines is 1. The van der Waals surface area contributed by atoms with Gasteiger partial charge in [-0.1, -0.05) is 12.6 Å². The maximum atomic E-state index is 11.9. The van der Waals surface area contributed by atoms with Crippen molar-refractivity contribution in [3.05, 3.63) is 40.3 Å². The highest BCUT2D eigenvalue weighted by Gasteiger charge is 2.24. The molecule has 2 amide bonds. The number of hydrogen-bond donors (Lipinski definition) is 4. The van der Waals surface area contributed by atoms with Crippen molar-refractivity contribution in [3.8, 4) is 6.19 Å². The molecule has 1 aliphatic heterocycles. The largest absolute Gasteiger partial charge is 0.337 e. The summed E-state index contributed by atoms with van der Waals surface area (Å²) in [7, 11) is 0. The van der Waals surface area contributed by atoms with Crippen LogP contribution in [-0.4, -0.2) is 18.6 Å². The Bertz CT molecular complexity index is 690. The Morgan fingerprint density at radius 3 is 2.32 bits per heavy atom. The van der Waals surface area contributed by atoms with Crippen LogP contribution in [0.25, 0.3) is 0 Å². The maximum absolute atomic E-state index is 11.9. The molecule has 1 unspecified atom stereocenters. The van der Waals surface area contributed by atoms with Gasteiger partial charge in [-0.2, -0.15) is 5.26 Å². The second-order valence-corrected chi connectivity index (χ2v) is 7.97. The molecule has 28 heavy (non-hydrogen) atoms. The molecule has 0 aromatic heterocycles. The first-order valence-electron chi connectivity index (χ1n) is 9.93. The van der Waals surface area contributed by atoms with Gasteiger partial charge in [0.25, 0.3) is 0 Å². The van der Waals surface area contributed by atoms with Crippen LogP contribution < -0.4 is 21.1 Å². The predicted octanol–water partition coefficient (Wildman–Crippen LogP) is 3.76. The number of nitrogens with two attached hydrogens (primary N) is 1. The van der Waals surface area contributed by atoms with E-state index in [2.05, 4.69) is 40.7 Å². The number of nitriles is 1. The average Bonchev–Trinajstić information content (AvgIpc) is 3.42. The molecular weight excluding hydrogens is 370 g/mol. The summed E-state index contributed by atoms with van der Waals surface area (Å²) < 4.78 is 2.71. The summed E-state index contributed by atoms with van der Waals surface area (Å²) in [6.45, 7) is 7.04. The first kappa shape index (κ1) is 22.1. The second kappa shape index (κ2) is 11.6. The Balaban J connectivity index is 0.000000260. The van der Waals surface area contributed by atoms with Crippen molar-refractivity contribution in [1.29, 1.82) is 5.26 Å². The van der Waals surface area contributed by atoms with Gasteiger partial charge in [-0.05, 0) is 104 Å². The van der Waals surface area contributed by atoms with Crippen LogP contribution in [0.3, 0.4) is 0 Å². The van der Waals surface area contributed by atoms with E-state index in [9.17, 15) is 4.79 Å². The molecule has 1 fully saturated rings. The molecule has 2 aliphatic carbocycles. The molecule has 0 radical (unpaired) electrons. The van der Waals surface area contributed by atoms with Crippen LogP contribution in [0.2, 0.25) is 0 Å². The number of benzene rings is 1. The number of fused-ring (bicyclic) bond motifs is 2. The van der Waals surface area contributed by atoms with E-state index in [1.165, 1.54) is 72.6 Å². The molecular formula is C21H31N5OS. The normalized spacial score (nSPS) is 18.4. The van der Waals surface area contributed by atoms with Crippen molar-refractivity contribution in [1.82, 2.24) is 10.0 Å². The van der Waals surface area contributed by atoms with Crippen LogP contribution in [-0.2, 0) is 25.7 Å². The van der Waals surface area contributed by atoms with Crippen molar-refractivity contribution in [2.75, 3.05) is 11.9 Å². The van der Waals surface area contributed by atoms with Crippen LogP contribution in [0.1, 0.15) is 54.9 Å². The Labute approximate surface area is 172 Å². The fourth-order valence-corrected chi connectivity index (χ4v) is 4.30. The van der Waals surface area contributed by atoms with Crippen molar-refractivity contribution >= 4 is 23.7 Å². The lowest BCUT2D eigenvalue weighted by Crippen LogP contribution is -2.23. The fraction of sp³-hybridized carbons (Fsp3) is 0.524. The molecule has 6 nitrogen and oxygen atoms in total. The maximum Gasteiger partial charge on any atom is 0.329 e. The molecule has 4 rings (SSSR count). The van der Waals surface area contributed by atoms with Crippen molar-refractivity contribution in [2.45, 2.75) is 64.3 Å². The second-order valence-electron chi connectivity index (χ2n) is 7.20. The van der Waals surface area contributed by atoms with E-state index in [0.717, 1.165) is 37.4 Å². The highest BCUT2D eigenvalue weighted by atomic mass is 32.2.